The molecule has 0 fully saturated rings. The Morgan fingerprint density at radius 2 is 1.08 bits per heavy atom. The molecular weight excluding hydrogens is 756 g/mol. The van der Waals surface area contributed by atoms with Crippen molar-refractivity contribution in [2.24, 2.45) is 0 Å². The molecule has 2 nitrogen and oxygen atoms in total. The summed E-state index contributed by atoms with van der Waals surface area (Å²) >= 11 is 9.04. The summed E-state index contributed by atoms with van der Waals surface area (Å²) in [5.74, 6) is 0. The smallest absolute Gasteiger partial charge is 0.0634 e. The first-order valence-electron chi connectivity index (χ1n) is 19.9. The Kier molecular flexibility index (Phi) is 10.2. The van der Waals surface area contributed by atoms with Crippen molar-refractivity contribution in [1.29, 1.82) is 0 Å². The van der Waals surface area contributed by atoms with Crippen LogP contribution in [0.3, 0.4) is 0 Å². The van der Waals surface area contributed by atoms with Gasteiger partial charge in [0, 0.05) is 64.0 Å². The Morgan fingerprint density at radius 3 is 1.86 bits per heavy atom. The summed E-state index contributed by atoms with van der Waals surface area (Å²) in [7, 11) is 0. The highest BCUT2D eigenvalue weighted by Crippen LogP contribution is 2.49. The van der Waals surface area contributed by atoms with Crippen LogP contribution >= 0.6 is 22.9 Å². The number of hydrogen-bond acceptors (Lipinski definition) is 2. The summed E-state index contributed by atoms with van der Waals surface area (Å²) in [6.45, 7) is 4.00. The number of thiophene rings is 1. The molecule has 0 N–H and O–H groups in total. The van der Waals surface area contributed by atoms with Gasteiger partial charge in [-0.05, 0) is 88.8 Å². The maximum absolute atomic E-state index is 7.18. The van der Waals surface area contributed by atoms with E-state index in [9.17, 15) is 0 Å². The van der Waals surface area contributed by atoms with Gasteiger partial charge in [0.2, 0.25) is 0 Å². The zero-order valence-corrected chi connectivity index (χ0v) is 33.8. The van der Waals surface area contributed by atoms with Gasteiger partial charge < -0.3 is 9.47 Å². The van der Waals surface area contributed by atoms with Crippen LogP contribution in [0.2, 0.25) is 5.02 Å². The van der Waals surface area contributed by atoms with Gasteiger partial charge >= 0.3 is 0 Å². The van der Waals surface area contributed by atoms with E-state index >= 15 is 0 Å². The highest BCUT2D eigenvalue weighted by molar-refractivity contribution is 7.26. The van der Waals surface area contributed by atoms with Crippen LogP contribution in [0.5, 0.6) is 0 Å². The number of para-hydroxylation sites is 2. The second-order valence-corrected chi connectivity index (χ2v) is 15.7. The van der Waals surface area contributed by atoms with E-state index in [1.54, 1.807) is 0 Å². The number of aromatic nitrogens is 1. The molecule has 0 aliphatic heterocycles. The third kappa shape index (κ3) is 6.53. The topological polar surface area (TPSA) is 8.17 Å². The standard InChI is InChI=1S/C52H33ClN2S.C2H6.CH4/c53-38-30-37(31-41(32-38)54(39-18-5-2-6-19-39)40-28-26-35(27-29-40)34-14-3-1-4-15-34)45-33-46-43-21-9-11-23-48(43)55(47-24-13-17-36-16-7-8-20-42(36)47)51(46)50-44-22-10-12-25-49(44)56-52(45)50;1-2;/h1-33H;1-2H3;1H4. The number of anilines is 3. The summed E-state index contributed by atoms with van der Waals surface area (Å²) in [5.41, 5.74) is 11.3. The minimum atomic E-state index is 0. The Morgan fingerprint density at radius 1 is 0.475 bits per heavy atom. The van der Waals surface area contributed by atoms with Gasteiger partial charge in [0.05, 0.1) is 16.7 Å². The van der Waals surface area contributed by atoms with Gasteiger partial charge in [-0.1, -0.05) is 166 Å². The molecule has 2 aromatic heterocycles. The monoisotopic (exact) mass is 798 g/mol. The zero-order valence-electron chi connectivity index (χ0n) is 32.2. The van der Waals surface area contributed by atoms with E-state index in [1.807, 2.05) is 25.2 Å². The van der Waals surface area contributed by atoms with Gasteiger partial charge in [-0.25, -0.2) is 0 Å². The molecule has 11 rings (SSSR count). The molecule has 11 aromatic rings. The van der Waals surface area contributed by atoms with Crippen LogP contribution in [0.25, 0.3) is 80.7 Å². The first kappa shape index (κ1) is 37.9. The number of rotatable bonds is 6. The fourth-order valence-corrected chi connectivity index (χ4v) is 9.99. The summed E-state index contributed by atoms with van der Waals surface area (Å²) < 4.78 is 5.00. The van der Waals surface area contributed by atoms with E-state index in [4.69, 9.17) is 11.6 Å². The van der Waals surface area contributed by atoms with Crippen LogP contribution in [-0.4, -0.2) is 4.57 Å². The molecule has 0 saturated heterocycles. The van der Waals surface area contributed by atoms with Crippen LogP contribution in [0.1, 0.15) is 21.3 Å². The minimum Gasteiger partial charge on any atom is -0.310 e. The van der Waals surface area contributed by atoms with E-state index in [1.165, 1.54) is 75.1 Å². The summed E-state index contributed by atoms with van der Waals surface area (Å²) in [5, 5.41) is 8.11. The molecule has 0 atom stereocenters. The number of fused-ring (bicyclic) bond motifs is 8. The Hall–Kier alpha value is -6.65. The quantitative estimate of drug-likeness (QED) is 0.163. The molecule has 2 heterocycles. The molecule has 0 amide bonds. The number of hydrogen-bond donors (Lipinski definition) is 0. The predicted molar refractivity (Wildman–Crippen MR) is 260 cm³/mol. The zero-order chi connectivity index (χ0) is 39.2. The van der Waals surface area contributed by atoms with Crippen LogP contribution in [0, 0.1) is 0 Å². The normalized spacial score (nSPS) is 11.2. The first-order chi connectivity index (χ1) is 28.7. The number of halogens is 1. The van der Waals surface area contributed by atoms with E-state index in [0.29, 0.717) is 5.02 Å². The van der Waals surface area contributed by atoms with Crippen LogP contribution in [0.15, 0.2) is 200 Å². The molecule has 59 heavy (non-hydrogen) atoms. The Balaban J connectivity index is 0.00000148. The lowest BCUT2D eigenvalue weighted by molar-refractivity contribution is 1.21. The van der Waals surface area contributed by atoms with Crippen molar-refractivity contribution in [1.82, 2.24) is 4.57 Å². The van der Waals surface area contributed by atoms with Crippen LogP contribution < -0.4 is 4.90 Å². The van der Waals surface area contributed by atoms with Crippen LogP contribution in [-0.2, 0) is 0 Å². The molecule has 4 heteroatoms. The van der Waals surface area contributed by atoms with Crippen molar-refractivity contribution in [3.8, 4) is 27.9 Å². The summed E-state index contributed by atoms with van der Waals surface area (Å²) in [6, 6.07) is 71.8. The molecule has 0 bridgehead atoms. The summed E-state index contributed by atoms with van der Waals surface area (Å²) in [4.78, 5) is 2.30. The molecule has 0 unspecified atom stereocenters. The van der Waals surface area contributed by atoms with Gasteiger partial charge in [0.1, 0.15) is 0 Å². The SMILES string of the molecule is C.CC.Clc1cc(-c2cc3c4ccccc4n(-c4cccc5ccccc45)c3c3c2sc2ccccc23)cc(N(c2ccccc2)c2ccc(-c3ccccc3)cc2)c1. The van der Waals surface area contributed by atoms with Crippen molar-refractivity contribution in [3.63, 3.8) is 0 Å². The average molecular weight is 799 g/mol. The van der Waals surface area contributed by atoms with E-state index in [0.717, 1.165) is 22.6 Å². The highest BCUT2D eigenvalue weighted by Gasteiger charge is 2.23. The number of benzene rings is 9. The van der Waals surface area contributed by atoms with Crippen molar-refractivity contribution in [2.75, 3.05) is 4.90 Å². The lowest BCUT2D eigenvalue weighted by Gasteiger charge is -2.26. The first-order valence-corrected chi connectivity index (χ1v) is 21.1. The maximum atomic E-state index is 7.18. The van der Waals surface area contributed by atoms with Gasteiger partial charge in [-0.3, -0.25) is 0 Å². The van der Waals surface area contributed by atoms with Gasteiger partial charge in [0.15, 0.2) is 0 Å². The van der Waals surface area contributed by atoms with Crippen molar-refractivity contribution in [2.45, 2.75) is 21.3 Å². The lowest BCUT2D eigenvalue weighted by Crippen LogP contribution is -2.10. The molecule has 0 aliphatic carbocycles. The highest BCUT2D eigenvalue weighted by atomic mass is 35.5. The van der Waals surface area contributed by atoms with Gasteiger partial charge in [0.25, 0.3) is 0 Å². The number of nitrogens with zero attached hydrogens (tertiary/aromatic N) is 2. The molecule has 0 saturated carbocycles. The molecular formula is C55H43ClN2S. The Labute approximate surface area is 354 Å². The van der Waals surface area contributed by atoms with Crippen molar-refractivity contribution in [3.05, 3.63) is 205 Å². The second-order valence-electron chi connectivity index (χ2n) is 14.3. The van der Waals surface area contributed by atoms with Crippen molar-refractivity contribution >= 4 is 92.8 Å². The molecule has 0 aliphatic rings. The van der Waals surface area contributed by atoms with Crippen molar-refractivity contribution < 1.29 is 0 Å². The van der Waals surface area contributed by atoms with Gasteiger partial charge in [-0.15, -0.1) is 11.3 Å². The molecule has 286 valence electrons. The minimum absolute atomic E-state index is 0. The maximum Gasteiger partial charge on any atom is 0.0634 e. The average Bonchev–Trinajstić information content (AvgIpc) is 3.83. The van der Waals surface area contributed by atoms with E-state index < -0.39 is 0 Å². The van der Waals surface area contributed by atoms with Gasteiger partial charge in [-0.2, -0.15) is 0 Å². The Bertz CT molecular complexity index is 3250. The lowest BCUT2D eigenvalue weighted by atomic mass is 9.98. The van der Waals surface area contributed by atoms with E-state index in [-0.39, 0.29) is 7.43 Å². The summed E-state index contributed by atoms with van der Waals surface area (Å²) in [6.07, 6.45) is 0. The third-order valence-corrected chi connectivity index (χ3v) is 12.4. The van der Waals surface area contributed by atoms with E-state index in [2.05, 4.69) is 210 Å². The molecule has 0 radical (unpaired) electrons. The largest absolute Gasteiger partial charge is 0.310 e. The van der Waals surface area contributed by atoms with Crippen LogP contribution in [0.4, 0.5) is 17.1 Å². The predicted octanol–water partition coefficient (Wildman–Crippen LogP) is 17.4. The second kappa shape index (κ2) is 15.9. The fourth-order valence-electron chi connectivity index (χ4n) is 8.52. The molecule has 0 spiro atoms. The molecule has 9 aromatic carbocycles. The fraction of sp³-hybridized carbons (Fsp3) is 0.0545. The third-order valence-electron chi connectivity index (χ3n) is 11.0.